The Morgan fingerprint density at radius 3 is 2.37 bits per heavy atom. The van der Waals surface area contributed by atoms with Gasteiger partial charge < -0.3 is 5.11 Å². The molecule has 0 spiro atoms. The molecule has 8 heteroatoms. The monoisotopic (exact) mass is 376 g/mol. The van der Waals surface area contributed by atoms with E-state index in [1.54, 1.807) is 0 Å². The lowest BCUT2D eigenvalue weighted by Gasteiger charge is -2.11. The third-order valence-electron chi connectivity index (χ3n) is 2.97. The van der Waals surface area contributed by atoms with E-state index in [1.165, 1.54) is 12.1 Å². The number of benzene rings is 1. The van der Waals surface area contributed by atoms with Crippen molar-refractivity contribution >= 4 is 45.1 Å². The molecule has 2 atom stereocenters. The van der Waals surface area contributed by atoms with Crippen molar-refractivity contribution in [1.29, 1.82) is 0 Å². The maximum absolute atomic E-state index is 12.7. The van der Waals surface area contributed by atoms with E-state index in [0.717, 1.165) is 6.07 Å². The predicted octanol–water partition coefficient (Wildman–Crippen LogP) is 4.44. The van der Waals surface area contributed by atoms with Crippen LogP contribution in [-0.2, 0) is 11.0 Å². The molecule has 2 rings (SSSR count). The van der Waals surface area contributed by atoms with Crippen LogP contribution in [0.4, 0.5) is 13.2 Å². The largest absolute Gasteiger partial charge is 0.481 e. The third-order valence-corrected chi connectivity index (χ3v) is 4.61. The minimum Gasteiger partial charge on any atom is -0.481 e. The lowest BCUT2D eigenvalue weighted by atomic mass is 10.1. The Hall–Kier alpha value is -0.460. The van der Waals surface area contributed by atoms with Crippen LogP contribution in [0.5, 0.6) is 0 Å². The summed E-state index contributed by atoms with van der Waals surface area (Å²) in [6.07, 6.45) is -4.54. The zero-order chi connectivity index (χ0) is 14.6. The van der Waals surface area contributed by atoms with Gasteiger partial charge in [0.15, 0.2) is 0 Å². The molecule has 0 saturated heterocycles. The highest BCUT2D eigenvalue weighted by Gasteiger charge is 2.68. The Morgan fingerprint density at radius 1 is 1.37 bits per heavy atom. The molecule has 2 nitrogen and oxygen atoms in total. The van der Waals surface area contributed by atoms with Crippen molar-refractivity contribution in [2.45, 2.75) is 16.4 Å². The molecule has 0 radical (unpaired) electrons. The van der Waals surface area contributed by atoms with Crippen molar-refractivity contribution < 1.29 is 23.1 Å². The van der Waals surface area contributed by atoms with Crippen molar-refractivity contribution in [1.82, 2.24) is 0 Å². The van der Waals surface area contributed by atoms with Gasteiger partial charge in [0.25, 0.3) is 0 Å². The summed E-state index contributed by atoms with van der Waals surface area (Å²) in [4.78, 5) is 10.9. The molecule has 1 fully saturated rings. The second-order valence-corrected chi connectivity index (χ2v) is 6.50. The summed E-state index contributed by atoms with van der Waals surface area (Å²) in [5.74, 6) is -3.17. The van der Waals surface area contributed by atoms with Gasteiger partial charge in [-0.3, -0.25) is 4.79 Å². The van der Waals surface area contributed by atoms with Gasteiger partial charge in [-0.05, 0) is 17.7 Å². The molecule has 0 heterocycles. The van der Waals surface area contributed by atoms with Crippen LogP contribution >= 0.6 is 39.1 Å². The molecule has 104 valence electrons. The molecule has 1 N–H and O–H groups in total. The molecule has 0 bridgehead atoms. The molecular formula is C11H6BrCl2F3O2. The van der Waals surface area contributed by atoms with E-state index in [9.17, 15) is 18.0 Å². The van der Waals surface area contributed by atoms with Gasteiger partial charge >= 0.3 is 12.1 Å². The fourth-order valence-electron chi connectivity index (χ4n) is 2.00. The number of carbonyl (C=O) groups is 1. The molecular weight excluding hydrogens is 372 g/mol. The Labute approximate surface area is 124 Å². The summed E-state index contributed by atoms with van der Waals surface area (Å²) in [7, 11) is 0. The number of rotatable bonds is 2. The first kappa shape index (κ1) is 14.9. The summed E-state index contributed by atoms with van der Waals surface area (Å²) in [6.45, 7) is 0. The van der Waals surface area contributed by atoms with Crippen LogP contribution in [0.25, 0.3) is 0 Å². The number of aliphatic carboxylic acids is 1. The standard InChI is InChI=1S/C11H6BrCl2F3O2/c12-6-2-1-4(3-5(6)11(15,16)17)7-8(9(18)19)10(7,13)14/h1-3,7-8H,(H,18,19)/t7-,8+/m1/s1. The highest BCUT2D eigenvalue weighted by Crippen LogP contribution is 2.65. The van der Waals surface area contributed by atoms with Crippen molar-refractivity contribution in [3.8, 4) is 0 Å². The number of halogens is 6. The van der Waals surface area contributed by atoms with E-state index in [0.29, 0.717) is 0 Å². The van der Waals surface area contributed by atoms with E-state index >= 15 is 0 Å². The van der Waals surface area contributed by atoms with E-state index in [4.69, 9.17) is 28.3 Å². The molecule has 1 saturated carbocycles. The van der Waals surface area contributed by atoms with Gasteiger partial charge in [0, 0.05) is 10.4 Å². The van der Waals surface area contributed by atoms with Crippen LogP contribution in [0.3, 0.4) is 0 Å². The van der Waals surface area contributed by atoms with E-state index < -0.39 is 33.9 Å². The van der Waals surface area contributed by atoms with Crippen LogP contribution < -0.4 is 0 Å². The van der Waals surface area contributed by atoms with Gasteiger partial charge in [0.2, 0.25) is 0 Å². The average Bonchev–Trinajstić information content (AvgIpc) is 2.80. The molecule has 1 aliphatic carbocycles. The zero-order valence-electron chi connectivity index (χ0n) is 9.01. The molecule has 1 aromatic rings. The molecule has 0 amide bonds. The normalized spacial score (nSPS) is 25.2. The number of hydrogen-bond acceptors (Lipinski definition) is 1. The summed E-state index contributed by atoms with van der Waals surface area (Å²) in [6, 6.07) is 3.46. The van der Waals surface area contributed by atoms with Crippen LogP contribution in [0, 0.1) is 5.92 Å². The second kappa shape index (κ2) is 4.53. The van der Waals surface area contributed by atoms with Crippen LogP contribution in [0.2, 0.25) is 0 Å². The molecule has 0 aliphatic heterocycles. The lowest BCUT2D eigenvalue weighted by molar-refractivity contribution is -0.139. The Kier molecular flexibility index (Phi) is 3.56. The topological polar surface area (TPSA) is 37.3 Å². The fraction of sp³-hybridized carbons (Fsp3) is 0.364. The number of alkyl halides is 5. The van der Waals surface area contributed by atoms with Crippen LogP contribution in [-0.4, -0.2) is 15.4 Å². The number of carboxylic acids is 1. The highest BCUT2D eigenvalue weighted by atomic mass is 79.9. The van der Waals surface area contributed by atoms with E-state index in [-0.39, 0.29) is 10.0 Å². The minimum absolute atomic E-state index is 0.119. The minimum atomic E-state index is -4.54. The van der Waals surface area contributed by atoms with Gasteiger partial charge in [-0.15, -0.1) is 0 Å². The van der Waals surface area contributed by atoms with Crippen molar-refractivity contribution in [2.24, 2.45) is 5.92 Å². The second-order valence-electron chi connectivity index (χ2n) is 4.21. The first-order valence-corrected chi connectivity index (χ1v) is 6.59. The van der Waals surface area contributed by atoms with Crippen molar-refractivity contribution in [3.63, 3.8) is 0 Å². The molecule has 1 aliphatic rings. The van der Waals surface area contributed by atoms with Gasteiger partial charge in [-0.25, -0.2) is 0 Å². The summed E-state index contributed by atoms with van der Waals surface area (Å²) in [5, 5.41) is 8.90. The number of hydrogen-bond donors (Lipinski definition) is 1. The fourth-order valence-corrected chi connectivity index (χ4v) is 3.29. The zero-order valence-corrected chi connectivity index (χ0v) is 12.1. The highest BCUT2D eigenvalue weighted by molar-refractivity contribution is 9.10. The van der Waals surface area contributed by atoms with Crippen LogP contribution in [0.15, 0.2) is 22.7 Å². The van der Waals surface area contributed by atoms with Crippen molar-refractivity contribution in [2.75, 3.05) is 0 Å². The maximum Gasteiger partial charge on any atom is 0.417 e. The average molecular weight is 378 g/mol. The Balaban J connectivity index is 2.42. The summed E-state index contributed by atoms with van der Waals surface area (Å²) < 4.78 is 36.6. The summed E-state index contributed by atoms with van der Waals surface area (Å²) in [5.41, 5.74) is -0.724. The van der Waals surface area contributed by atoms with Gasteiger partial charge in [-0.1, -0.05) is 45.2 Å². The summed E-state index contributed by atoms with van der Waals surface area (Å²) >= 11 is 14.4. The van der Waals surface area contributed by atoms with E-state index in [1.807, 2.05) is 0 Å². The van der Waals surface area contributed by atoms with Gasteiger partial charge in [0.1, 0.15) is 4.33 Å². The maximum atomic E-state index is 12.7. The van der Waals surface area contributed by atoms with Crippen LogP contribution in [0.1, 0.15) is 17.0 Å². The molecule has 1 aromatic carbocycles. The van der Waals surface area contributed by atoms with Crippen molar-refractivity contribution in [3.05, 3.63) is 33.8 Å². The first-order valence-electron chi connectivity index (χ1n) is 5.04. The number of carboxylic acid groups (broad SMARTS) is 1. The smallest absolute Gasteiger partial charge is 0.417 e. The Bertz CT molecular complexity index is 545. The third kappa shape index (κ3) is 2.58. The molecule has 0 unspecified atom stereocenters. The van der Waals surface area contributed by atoms with Gasteiger partial charge in [-0.2, -0.15) is 13.2 Å². The lowest BCUT2D eigenvalue weighted by Crippen LogP contribution is -2.07. The quantitative estimate of drug-likeness (QED) is 0.773. The predicted molar refractivity (Wildman–Crippen MR) is 67.4 cm³/mol. The van der Waals surface area contributed by atoms with Gasteiger partial charge in [0.05, 0.1) is 11.5 Å². The first-order chi connectivity index (χ1) is 8.56. The molecule has 0 aromatic heterocycles. The molecule has 19 heavy (non-hydrogen) atoms. The van der Waals surface area contributed by atoms with E-state index in [2.05, 4.69) is 15.9 Å². The SMILES string of the molecule is O=C(O)[C@@H]1[C@@H](c2ccc(Br)c(C(F)(F)F)c2)C1(Cl)Cl. The Morgan fingerprint density at radius 2 is 1.95 bits per heavy atom.